The van der Waals surface area contributed by atoms with Gasteiger partial charge in [-0.2, -0.15) is 0 Å². The number of carbonyl (C=O) groups is 1. The average molecular weight is 258 g/mol. The molecule has 0 aliphatic rings. The van der Waals surface area contributed by atoms with Gasteiger partial charge in [-0.05, 0) is 32.0 Å². The van der Waals surface area contributed by atoms with Crippen molar-refractivity contribution in [3.05, 3.63) is 28.8 Å². The van der Waals surface area contributed by atoms with Crippen LogP contribution in [0.4, 0.5) is 0 Å². The molecule has 0 fully saturated rings. The lowest BCUT2D eigenvalue weighted by Gasteiger charge is -2.12. The van der Waals surface area contributed by atoms with Gasteiger partial charge in [-0.3, -0.25) is 4.79 Å². The van der Waals surface area contributed by atoms with Gasteiger partial charge in [0.2, 0.25) is 0 Å². The zero-order valence-corrected chi connectivity index (χ0v) is 10.6. The van der Waals surface area contributed by atoms with E-state index in [0.717, 1.165) is 0 Å². The van der Waals surface area contributed by atoms with Gasteiger partial charge in [0.05, 0.1) is 6.61 Å². The first-order chi connectivity index (χ1) is 8.02. The fraction of sp³-hybridized carbons (Fsp3) is 0.417. The molecule has 17 heavy (non-hydrogen) atoms. The van der Waals surface area contributed by atoms with Crippen molar-refractivity contribution in [3.8, 4) is 5.75 Å². The van der Waals surface area contributed by atoms with Crippen LogP contribution in [0.5, 0.6) is 5.75 Å². The Morgan fingerprint density at radius 3 is 2.82 bits per heavy atom. The summed E-state index contributed by atoms with van der Waals surface area (Å²) in [7, 11) is 0. The van der Waals surface area contributed by atoms with Crippen molar-refractivity contribution in [2.75, 3.05) is 6.61 Å². The van der Waals surface area contributed by atoms with E-state index in [1.807, 2.05) is 13.8 Å². The Morgan fingerprint density at radius 1 is 1.53 bits per heavy atom. The number of ether oxygens (including phenoxy) is 1. The van der Waals surface area contributed by atoms with E-state index in [2.05, 4.69) is 5.32 Å². The number of rotatable bonds is 5. The zero-order valence-electron chi connectivity index (χ0n) is 9.87. The summed E-state index contributed by atoms with van der Waals surface area (Å²) in [5.41, 5.74) is 0.565. The van der Waals surface area contributed by atoms with Crippen LogP contribution in [0.25, 0.3) is 0 Å². The van der Waals surface area contributed by atoms with E-state index in [1.54, 1.807) is 18.2 Å². The summed E-state index contributed by atoms with van der Waals surface area (Å²) >= 11 is 5.78. The molecule has 1 aromatic rings. The minimum Gasteiger partial charge on any atom is -0.483 e. The maximum atomic E-state index is 11.4. The smallest absolute Gasteiger partial charge is 0.258 e. The Balaban J connectivity index is 2.60. The number of aliphatic hydroxyl groups excluding tert-OH is 1. The van der Waals surface area contributed by atoms with Crippen LogP contribution in [-0.2, 0) is 11.4 Å². The van der Waals surface area contributed by atoms with Gasteiger partial charge in [0.1, 0.15) is 5.75 Å². The van der Waals surface area contributed by atoms with Crippen LogP contribution in [-0.4, -0.2) is 23.7 Å². The molecule has 0 spiro atoms. The molecule has 0 saturated heterocycles. The molecule has 0 aliphatic carbocycles. The van der Waals surface area contributed by atoms with Crippen LogP contribution in [0.1, 0.15) is 19.4 Å². The van der Waals surface area contributed by atoms with E-state index in [4.69, 9.17) is 21.4 Å². The molecular formula is C12H16ClNO3. The van der Waals surface area contributed by atoms with Crippen LogP contribution in [0.15, 0.2) is 18.2 Å². The third-order valence-electron chi connectivity index (χ3n) is 2.00. The highest BCUT2D eigenvalue weighted by atomic mass is 35.5. The van der Waals surface area contributed by atoms with Crippen LogP contribution < -0.4 is 10.1 Å². The summed E-state index contributed by atoms with van der Waals surface area (Å²) < 4.78 is 5.32. The van der Waals surface area contributed by atoms with E-state index < -0.39 is 0 Å². The lowest BCUT2D eigenvalue weighted by molar-refractivity contribution is -0.123. The number of carbonyl (C=O) groups excluding carboxylic acids is 1. The number of amides is 1. The summed E-state index contributed by atoms with van der Waals surface area (Å²) in [4.78, 5) is 11.4. The topological polar surface area (TPSA) is 58.6 Å². The number of hydrogen-bond donors (Lipinski definition) is 2. The number of benzene rings is 1. The van der Waals surface area contributed by atoms with Gasteiger partial charge in [0.25, 0.3) is 5.91 Å². The lowest BCUT2D eigenvalue weighted by atomic mass is 10.2. The molecule has 4 nitrogen and oxygen atoms in total. The van der Waals surface area contributed by atoms with Gasteiger partial charge in [-0.15, -0.1) is 0 Å². The second-order valence-electron chi connectivity index (χ2n) is 3.92. The van der Waals surface area contributed by atoms with Gasteiger partial charge in [-0.25, -0.2) is 0 Å². The molecule has 0 radical (unpaired) electrons. The van der Waals surface area contributed by atoms with Crippen LogP contribution in [0.2, 0.25) is 5.02 Å². The fourth-order valence-electron chi connectivity index (χ4n) is 1.32. The van der Waals surface area contributed by atoms with Gasteiger partial charge < -0.3 is 15.2 Å². The molecule has 0 aromatic heterocycles. The summed E-state index contributed by atoms with van der Waals surface area (Å²) in [6.07, 6.45) is 0. The Morgan fingerprint density at radius 2 is 2.24 bits per heavy atom. The first kappa shape index (κ1) is 13.8. The van der Waals surface area contributed by atoms with Gasteiger partial charge >= 0.3 is 0 Å². The standard InChI is InChI=1S/C12H16ClNO3/c1-8(2)14-12(16)7-17-11-4-3-10(13)5-9(11)6-15/h3-5,8,15H,6-7H2,1-2H3,(H,14,16). The Kier molecular flexibility index (Phi) is 5.25. The SMILES string of the molecule is CC(C)NC(=O)COc1ccc(Cl)cc1CO. The molecule has 1 amide bonds. The van der Waals surface area contributed by atoms with Gasteiger partial charge in [0.15, 0.2) is 6.61 Å². The highest BCUT2D eigenvalue weighted by Crippen LogP contribution is 2.22. The summed E-state index contributed by atoms with van der Waals surface area (Å²) in [5, 5.41) is 12.3. The van der Waals surface area contributed by atoms with E-state index in [1.165, 1.54) is 0 Å². The number of aliphatic hydroxyl groups is 1. The molecule has 2 N–H and O–H groups in total. The lowest BCUT2D eigenvalue weighted by Crippen LogP contribution is -2.34. The molecule has 0 atom stereocenters. The Hall–Kier alpha value is -1.26. The minimum absolute atomic E-state index is 0.0766. The highest BCUT2D eigenvalue weighted by Gasteiger charge is 2.07. The van der Waals surface area contributed by atoms with E-state index in [9.17, 15) is 4.79 Å². The molecule has 0 aliphatic heterocycles. The highest BCUT2D eigenvalue weighted by molar-refractivity contribution is 6.30. The summed E-state index contributed by atoms with van der Waals surface area (Å²) in [6, 6.07) is 4.97. The first-order valence-corrected chi connectivity index (χ1v) is 5.72. The van der Waals surface area contributed by atoms with Crippen molar-refractivity contribution in [3.63, 3.8) is 0 Å². The van der Waals surface area contributed by atoms with Gasteiger partial charge in [-0.1, -0.05) is 11.6 Å². The Labute approximate surface area is 106 Å². The predicted molar refractivity (Wildman–Crippen MR) is 66.1 cm³/mol. The maximum absolute atomic E-state index is 11.4. The number of hydrogen-bond acceptors (Lipinski definition) is 3. The molecule has 5 heteroatoms. The maximum Gasteiger partial charge on any atom is 0.258 e. The molecule has 0 heterocycles. The fourth-order valence-corrected chi connectivity index (χ4v) is 1.51. The first-order valence-electron chi connectivity index (χ1n) is 5.34. The molecule has 1 rings (SSSR count). The molecule has 0 bridgehead atoms. The van der Waals surface area contributed by atoms with Crippen molar-refractivity contribution in [2.24, 2.45) is 0 Å². The van der Waals surface area contributed by atoms with Crippen molar-refractivity contribution in [1.29, 1.82) is 0 Å². The molecular weight excluding hydrogens is 242 g/mol. The predicted octanol–water partition coefficient (Wildman–Crippen LogP) is 1.74. The van der Waals surface area contributed by atoms with E-state index in [0.29, 0.717) is 16.3 Å². The molecule has 1 aromatic carbocycles. The third kappa shape index (κ3) is 4.63. The zero-order chi connectivity index (χ0) is 12.8. The van der Waals surface area contributed by atoms with E-state index >= 15 is 0 Å². The van der Waals surface area contributed by atoms with Gasteiger partial charge in [0, 0.05) is 16.6 Å². The van der Waals surface area contributed by atoms with Crippen LogP contribution in [0.3, 0.4) is 0 Å². The van der Waals surface area contributed by atoms with Crippen molar-refractivity contribution >= 4 is 17.5 Å². The van der Waals surface area contributed by atoms with Crippen LogP contribution >= 0.6 is 11.6 Å². The minimum atomic E-state index is -0.196. The van der Waals surface area contributed by atoms with Crippen molar-refractivity contribution in [2.45, 2.75) is 26.5 Å². The largest absolute Gasteiger partial charge is 0.483 e. The molecule has 94 valence electrons. The summed E-state index contributed by atoms with van der Waals surface area (Å²) in [5.74, 6) is 0.273. The van der Waals surface area contributed by atoms with E-state index in [-0.39, 0.29) is 25.2 Å². The van der Waals surface area contributed by atoms with Crippen LogP contribution in [0, 0.1) is 0 Å². The second kappa shape index (κ2) is 6.47. The van der Waals surface area contributed by atoms with Crippen molar-refractivity contribution < 1.29 is 14.6 Å². The number of nitrogens with one attached hydrogen (secondary N) is 1. The summed E-state index contributed by atoms with van der Waals surface area (Å²) in [6.45, 7) is 3.49. The molecule has 0 saturated carbocycles. The quantitative estimate of drug-likeness (QED) is 0.845. The Bertz CT molecular complexity index is 393. The second-order valence-corrected chi connectivity index (χ2v) is 4.36. The monoisotopic (exact) mass is 257 g/mol. The number of halogens is 1. The molecule has 0 unspecified atom stereocenters. The third-order valence-corrected chi connectivity index (χ3v) is 2.24. The average Bonchev–Trinajstić information content (AvgIpc) is 2.26. The van der Waals surface area contributed by atoms with Crippen molar-refractivity contribution in [1.82, 2.24) is 5.32 Å². The normalized spacial score (nSPS) is 10.4.